The lowest BCUT2D eigenvalue weighted by atomic mass is 9.94. The van der Waals surface area contributed by atoms with E-state index in [1.165, 1.54) is 11.1 Å². The summed E-state index contributed by atoms with van der Waals surface area (Å²) in [6.45, 7) is 0. The Bertz CT molecular complexity index is 408. The van der Waals surface area contributed by atoms with Crippen LogP contribution in [0.25, 0.3) is 0 Å². The van der Waals surface area contributed by atoms with Gasteiger partial charge in [0.15, 0.2) is 0 Å². The van der Waals surface area contributed by atoms with Crippen LogP contribution < -0.4 is 0 Å². The number of hydrogen-bond acceptors (Lipinski definition) is 0. The molecule has 0 fully saturated rings. The molecule has 1 heteroatoms. The van der Waals surface area contributed by atoms with Crippen LogP contribution >= 0.6 is 11.6 Å². The smallest absolute Gasteiger partial charge is 0.0295 e. The summed E-state index contributed by atoms with van der Waals surface area (Å²) in [7, 11) is 0. The van der Waals surface area contributed by atoms with Gasteiger partial charge in [-0.3, -0.25) is 0 Å². The molecule has 0 saturated heterocycles. The third-order valence-corrected chi connectivity index (χ3v) is 3.15. The number of alkyl halides is 1. The van der Waals surface area contributed by atoms with Crippen LogP contribution in [0.4, 0.5) is 0 Å². The lowest BCUT2D eigenvalue weighted by Gasteiger charge is -2.14. The molecule has 0 aliphatic rings. The van der Waals surface area contributed by atoms with Gasteiger partial charge in [-0.1, -0.05) is 60.7 Å². The van der Waals surface area contributed by atoms with Crippen molar-refractivity contribution in [1.29, 1.82) is 0 Å². The lowest BCUT2D eigenvalue weighted by Crippen LogP contribution is -2.04. The van der Waals surface area contributed by atoms with Gasteiger partial charge in [-0.15, -0.1) is 11.6 Å². The van der Waals surface area contributed by atoms with Gasteiger partial charge in [0.2, 0.25) is 0 Å². The highest BCUT2D eigenvalue weighted by molar-refractivity contribution is 6.18. The van der Waals surface area contributed by atoms with E-state index in [9.17, 15) is 0 Å². The second-order valence-electron chi connectivity index (χ2n) is 3.95. The maximum atomic E-state index is 6.05. The number of rotatable bonds is 4. The van der Waals surface area contributed by atoms with Crippen molar-refractivity contribution in [3.05, 3.63) is 71.8 Å². The normalized spacial score (nSPS) is 12.3. The minimum absolute atomic E-state index is 0.408. The Labute approximate surface area is 102 Å². The molecule has 2 aromatic rings. The quantitative estimate of drug-likeness (QED) is 0.689. The second-order valence-corrected chi connectivity index (χ2v) is 4.26. The molecule has 0 aromatic heterocycles. The van der Waals surface area contributed by atoms with Crippen molar-refractivity contribution in [2.24, 2.45) is 0 Å². The fourth-order valence-electron chi connectivity index (χ4n) is 1.89. The Hall–Kier alpha value is -1.27. The van der Waals surface area contributed by atoms with E-state index in [1.54, 1.807) is 0 Å². The van der Waals surface area contributed by atoms with E-state index in [0.29, 0.717) is 11.8 Å². The molecule has 2 aromatic carbocycles. The maximum Gasteiger partial charge on any atom is 0.0295 e. The molecular weight excluding hydrogens is 216 g/mol. The molecule has 0 heterocycles. The summed E-state index contributed by atoms with van der Waals surface area (Å²) in [5.41, 5.74) is 2.67. The standard InChI is InChI=1S/C15H15Cl/c16-12-15(14-9-5-2-6-10-14)11-13-7-3-1-4-8-13/h1-10,15H,11-12H2/t15-/m1/s1. The van der Waals surface area contributed by atoms with E-state index in [-0.39, 0.29) is 0 Å². The molecule has 0 aliphatic carbocycles. The first-order valence-electron chi connectivity index (χ1n) is 5.55. The molecule has 1 atom stereocenters. The van der Waals surface area contributed by atoms with E-state index < -0.39 is 0 Å². The molecule has 2 rings (SSSR count). The minimum atomic E-state index is 0.408. The first-order chi connectivity index (χ1) is 7.90. The summed E-state index contributed by atoms with van der Waals surface area (Å²) in [5.74, 6) is 1.07. The van der Waals surface area contributed by atoms with Crippen LogP contribution in [0.15, 0.2) is 60.7 Å². The SMILES string of the molecule is ClC[C@@H](Cc1ccccc1)c1ccccc1. The monoisotopic (exact) mass is 230 g/mol. The molecule has 82 valence electrons. The molecule has 0 bridgehead atoms. The predicted molar refractivity (Wildman–Crippen MR) is 70.0 cm³/mol. The van der Waals surface area contributed by atoms with E-state index >= 15 is 0 Å². The molecule has 0 nitrogen and oxygen atoms in total. The third-order valence-electron chi connectivity index (χ3n) is 2.78. The van der Waals surface area contributed by atoms with Crippen molar-refractivity contribution < 1.29 is 0 Å². The highest BCUT2D eigenvalue weighted by atomic mass is 35.5. The number of halogens is 1. The van der Waals surface area contributed by atoms with E-state index in [2.05, 4.69) is 48.5 Å². The van der Waals surface area contributed by atoms with Crippen molar-refractivity contribution >= 4 is 11.6 Å². The zero-order valence-electron chi connectivity index (χ0n) is 9.14. The summed E-state index contributed by atoms with van der Waals surface area (Å²) >= 11 is 6.05. The van der Waals surface area contributed by atoms with Gasteiger partial charge in [0.25, 0.3) is 0 Å². The largest absolute Gasteiger partial charge is 0.126 e. The molecule has 0 radical (unpaired) electrons. The lowest BCUT2D eigenvalue weighted by molar-refractivity contribution is 0.766. The van der Waals surface area contributed by atoms with Crippen molar-refractivity contribution in [1.82, 2.24) is 0 Å². The zero-order valence-corrected chi connectivity index (χ0v) is 9.90. The van der Waals surface area contributed by atoms with Crippen LogP contribution in [-0.2, 0) is 6.42 Å². The average Bonchev–Trinajstić information content (AvgIpc) is 2.38. The van der Waals surface area contributed by atoms with Crippen LogP contribution in [0.1, 0.15) is 17.0 Å². The van der Waals surface area contributed by atoms with Crippen LogP contribution in [0.2, 0.25) is 0 Å². The summed E-state index contributed by atoms with van der Waals surface area (Å²) in [6, 6.07) is 21.0. The van der Waals surface area contributed by atoms with E-state index in [0.717, 1.165) is 6.42 Å². The third kappa shape index (κ3) is 2.86. The maximum absolute atomic E-state index is 6.05. The zero-order chi connectivity index (χ0) is 11.2. The van der Waals surface area contributed by atoms with Gasteiger partial charge in [-0.05, 0) is 17.5 Å². The van der Waals surface area contributed by atoms with Crippen LogP contribution in [0.3, 0.4) is 0 Å². The molecule has 0 N–H and O–H groups in total. The molecule has 16 heavy (non-hydrogen) atoms. The van der Waals surface area contributed by atoms with Gasteiger partial charge >= 0.3 is 0 Å². The molecule has 0 amide bonds. The fraction of sp³-hybridized carbons (Fsp3) is 0.200. The van der Waals surface area contributed by atoms with Crippen molar-refractivity contribution in [2.75, 3.05) is 5.88 Å². The highest BCUT2D eigenvalue weighted by Gasteiger charge is 2.10. The van der Waals surface area contributed by atoms with Crippen LogP contribution in [0, 0.1) is 0 Å². The Morgan fingerprint density at radius 2 is 1.38 bits per heavy atom. The van der Waals surface area contributed by atoms with Crippen molar-refractivity contribution in [3.63, 3.8) is 0 Å². The predicted octanol–water partition coefficient (Wildman–Crippen LogP) is 4.25. The summed E-state index contributed by atoms with van der Waals surface area (Å²) < 4.78 is 0. The number of benzene rings is 2. The van der Waals surface area contributed by atoms with E-state index in [1.807, 2.05) is 12.1 Å². The number of hydrogen-bond donors (Lipinski definition) is 0. The van der Waals surface area contributed by atoms with Crippen molar-refractivity contribution in [2.45, 2.75) is 12.3 Å². The minimum Gasteiger partial charge on any atom is -0.126 e. The van der Waals surface area contributed by atoms with Crippen LogP contribution in [0.5, 0.6) is 0 Å². The van der Waals surface area contributed by atoms with Crippen molar-refractivity contribution in [3.8, 4) is 0 Å². The second kappa shape index (κ2) is 5.72. The fourth-order valence-corrected chi connectivity index (χ4v) is 2.17. The summed E-state index contributed by atoms with van der Waals surface area (Å²) in [4.78, 5) is 0. The molecule has 0 spiro atoms. The average molecular weight is 231 g/mol. The van der Waals surface area contributed by atoms with Crippen LogP contribution in [-0.4, -0.2) is 5.88 Å². The van der Waals surface area contributed by atoms with Gasteiger partial charge in [0, 0.05) is 11.8 Å². The van der Waals surface area contributed by atoms with Gasteiger partial charge in [0.1, 0.15) is 0 Å². The molecular formula is C15H15Cl. The first kappa shape index (κ1) is 11.2. The molecule has 0 saturated carbocycles. The Balaban J connectivity index is 2.13. The highest BCUT2D eigenvalue weighted by Crippen LogP contribution is 2.21. The first-order valence-corrected chi connectivity index (χ1v) is 6.08. The summed E-state index contributed by atoms with van der Waals surface area (Å²) in [5, 5.41) is 0. The topological polar surface area (TPSA) is 0 Å². The van der Waals surface area contributed by atoms with Gasteiger partial charge in [-0.25, -0.2) is 0 Å². The Kier molecular flexibility index (Phi) is 4.01. The van der Waals surface area contributed by atoms with Gasteiger partial charge in [-0.2, -0.15) is 0 Å². The Morgan fingerprint density at radius 1 is 0.812 bits per heavy atom. The molecule has 0 aliphatic heterocycles. The Morgan fingerprint density at radius 3 is 1.94 bits per heavy atom. The summed E-state index contributed by atoms with van der Waals surface area (Å²) in [6.07, 6.45) is 1.01. The van der Waals surface area contributed by atoms with Gasteiger partial charge in [0.05, 0.1) is 0 Å². The molecule has 0 unspecified atom stereocenters. The van der Waals surface area contributed by atoms with Gasteiger partial charge < -0.3 is 0 Å². The van der Waals surface area contributed by atoms with E-state index in [4.69, 9.17) is 11.6 Å².